The average Bonchev–Trinajstić information content (AvgIpc) is 3.53. The van der Waals surface area contributed by atoms with Crippen molar-refractivity contribution in [3.8, 4) is 22.4 Å². The molecule has 1 aromatic carbocycles. The van der Waals surface area contributed by atoms with Crippen molar-refractivity contribution >= 4 is 39.7 Å². The molecule has 0 spiro atoms. The fourth-order valence-corrected chi connectivity index (χ4v) is 8.25. The first-order valence-corrected chi connectivity index (χ1v) is 27.1. The quantitative estimate of drug-likeness (QED) is 0.0481. The number of nitrogens with zero attached hydrogens (tertiary/aromatic N) is 5. The van der Waals surface area contributed by atoms with Gasteiger partial charge in [-0.05, 0) is 71.5 Å². The molecule has 54 heavy (non-hydrogen) atoms. The Morgan fingerprint density at radius 2 is 1.50 bits per heavy atom. The van der Waals surface area contributed by atoms with Gasteiger partial charge >= 0.3 is 5.97 Å². The third-order valence-electron chi connectivity index (χ3n) is 9.81. The van der Waals surface area contributed by atoms with Gasteiger partial charge in [0.05, 0.1) is 23.5 Å². The van der Waals surface area contributed by atoms with Crippen molar-refractivity contribution in [3.05, 3.63) is 72.2 Å². The van der Waals surface area contributed by atoms with Gasteiger partial charge in [-0.1, -0.05) is 87.8 Å². The number of aromatic nitrogens is 4. The van der Waals surface area contributed by atoms with E-state index in [2.05, 4.69) is 80.6 Å². The Morgan fingerprint density at radius 3 is 2.04 bits per heavy atom. The zero-order valence-corrected chi connectivity index (χ0v) is 36.4. The third kappa shape index (κ3) is 11.4. The number of anilines is 1. The Kier molecular flexibility index (Phi) is 13.7. The van der Waals surface area contributed by atoms with E-state index in [9.17, 15) is 4.79 Å². The molecule has 0 unspecified atom stereocenters. The first-order valence-electron chi connectivity index (χ1n) is 19.7. The van der Waals surface area contributed by atoms with Gasteiger partial charge in [0.1, 0.15) is 24.9 Å². The van der Waals surface area contributed by atoms with Gasteiger partial charge in [-0.25, -0.2) is 4.98 Å². The van der Waals surface area contributed by atoms with E-state index in [0.29, 0.717) is 26.7 Å². The summed E-state index contributed by atoms with van der Waals surface area (Å²) >= 11 is 0. The molecule has 292 valence electrons. The molecule has 0 bridgehead atoms. The van der Waals surface area contributed by atoms with Gasteiger partial charge in [0.25, 0.3) is 0 Å². The van der Waals surface area contributed by atoms with E-state index >= 15 is 0 Å². The van der Waals surface area contributed by atoms with Crippen molar-refractivity contribution < 1.29 is 19.0 Å². The number of hydrogen-bond acceptors (Lipinski definition) is 8. The molecule has 1 aliphatic rings. The van der Waals surface area contributed by atoms with Crippen LogP contribution in [0, 0.1) is 5.92 Å². The molecule has 4 aromatic rings. The van der Waals surface area contributed by atoms with E-state index in [-0.39, 0.29) is 17.8 Å². The molecular weight excluding hydrogens is 707 g/mol. The highest BCUT2D eigenvalue weighted by atomic mass is 28.3. The van der Waals surface area contributed by atoms with Gasteiger partial charge in [-0.2, -0.15) is 9.61 Å². The topological polar surface area (TPSA) is 91.1 Å². The number of carbonyl (C=O) groups excluding carboxylic acids is 1. The number of benzene rings is 1. The molecule has 1 fully saturated rings. The number of fused-ring (bicyclic) bond motifs is 1. The smallest absolute Gasteiger partial charge is 0.309 e. The van der Waals surface area contributed by atoms with Gasteiger partial charge < -0.3 is 19.1 Å². The highest BCUT2D eigenvalue weighted by molar-refractivity contribution is 6.76. The third-order valence-corrected chi connectivity index (χ3v) is 13.2. The molecule has 0 atom stereocenters. The molecule has 0 N–H and O–H groups in total. The fourth-order valence-electron chi connectivity index (χ4n) is 6.74. The first-order chi connectivity index (χ1) is 25.5. The maximum absolute atomic E-state index is 13.1. The molecule has 3 heterocycles. The number of pyridine rings is 1. The Labute approximate surface area is 325 Å². The van der Waals surface area contributed by atoms with E-state index in [0.717, 1.165) is 82.9 Å². The van der Waals surface area contributed by atoms with Gasteiger partial charge in [-0.3, -0.25) is 9.78 Å². The predicted octanol–water partition coefficient (Wildman–Crippen LogP) is 10.5. The summed E-state index contributed by atoms with van der Waals surface area (Å²) in [4.78, 5) is 25.6. The van der Waals surface area contributed by atoms with Gasteiger partial charge in [0.15, 0.2) is 5.65 Å². The van der Waals surface area contributed by atoms with Crippen LogP contribution in [0.25, 0.3) is 34.1 Å². The van der Waals surface area contributed by atoms with E-state index in [1.54, 1.807) is 0 Å². The van der Waals surface area contributed by atoms with Gasteiger partial charge in [0, 0.05) is 63.7 Å². The highest BCUT2D eigenvalue weighted by Crippen LogP contribution is 2.41. The van der Waals surface area contributed by atoms with Gasteiger partial charge in [0.2, 0.25) is 0 Å². The predicted molar refractivity (Wildman–Crippen MR) is 227 cm³/mol. The summed E-state index contributed by atoms with van der Waals surface area (Å²) < 4.78 is 20.7. The van der Waals surface area contributed by atoms with Crippen molar-refractivity contribution in [2.24, 2.45) is 5.92 Å². The van der Waals surface area contributed by atoms with Crippen LogP contribution in [-0.4, -0.2) is 74.0 Å². The molecule has 0 radical (unpaired) electrons. The lowest BCUT2D eigenvalue weighted by atomic mass is 9.79. The largest absolute Gasteiger partial charge is 0.460 e. The van der Waals surface area contributed by atoms with Crippen molar-refractivity contribution in [2.45, 2.75) is 116 Å². The number of allylic oxidation sites excluding steroid dienone is 1. The average molecular weight is 770 g/mol. The van der Waals surface area contributed by atoms with Crippen LogP contribution in [0.2, 0.25) is 51.4 Å². The number of esters is 1. The monoisotopic (exact) mass is 769 g/mol. The molecule has 9 nitrogen and oxygen atoms in total. The molecule has 1 saturated carbocycles. The summed E-state index contributed by atoms with van der Waals surface area (Å²) in [6.45, 7) is 24.2. The Balaban J connectivity index is 1.59. The van der Waals surface area contributed by atoms with Crippen LogP contribution in [0.5, 0.6) is 0 Å². The normalized spacial score (nSPS) is 17.0. The van der Waals surface area contributed by atoms with E-state index < -0.39 is 21.7 Å². The number of rotatable bonds is 16. The molecule has 0 aliphatic heterocycles. The minimum Gasteiger partial charge on any atom is -0.460 e. The lowest BCUT2D eigenvalue weighted by Gasteiger charge is -2.32. The van der Waals surface area contributed by atoms with Crippen LogP contribution in [0.15, 0.2) is 60.9 Å². The molecule has 0 saturated heterocycles. The van der Waals surface area contributed by atoms with Crippen LogP contribution < -0.4 is 4.90 Å². The SMILES string of the molecule is C/C=C\c1c(C2CCC(C(=O)OC(C)(C)C)CC2)nc2c(-c3ccc(-c4ccccc4)nc3)cnn2c1N(COCC[Si](C)(C)C)COCC[Si](C)(C)C. The van der Waals surface area contributed by atoms with Crippen LogP contribution in [0.3, 0.4) is 0 Å². The number of ether oxygens (including phenoxy) is 3. The minimum atomic E-state index is -1.29. The summed E-state index contributed by atoms with van der Waals surface area (Å²) in [5.41, 5.74) is 6.15. The lowest BCUT2D eigenvalue weighted by Crippen LogP contribution is -2.34. The molecule has 1 aliphatic carbocycles. The molecule has 0 amide bonds. The maximum atomic E-state index is 13.1. The van der Waals surface area contributed by atoms with E-state index in [4.69, 9.17) is 29.3 Å². The molecule has 3 aromatic heterocycles. The zero-order valence-electron chi connectivity index (χ0n) is 34.4. The second-order valence-corrected chi connectivity index (χ2v) is 29.4. The summed E-state index contributed by atoms with van der Waals surface area (Å²) in [6.07, 6.45) is 11.3. The molecule has 11 heteroatoms. The second kappa shape index (κ2) is 17.9. The zero-order chi connectivity index (χ0) is 39.1. The Morgan fingerprint density at radius 1 is 0.870 bits per heavy atom. The standard InChI is InChI=1S/C43H63N5O4Si2/c1-11-15-36-39(33-18-20-34(21-19-33)42(49)52-43(2,3)4)46-40-37(35-22-23-38(44-28-35)32-16-13-12-14-17-32)29-45-48(40)41(36)47(30-50-24-26-53(5,6)7)31-51-25-27-54(8,9)10/h11-17,22-23,28-29,33-34H,18-21,24-27,30-31H2,1-10H3/b15-11-. The van der Waals surface area contributed by atoms with Crippen LogP contribution >= 0.6 is 0 Å². The first kappa shape index (κ1) is 41.5. The van der Waals surface area contributed by atoms with Crippen LogP contribution in [0.4, 0.5) is 5.82 Å². The summed E-state index contributed by atoms with van der Waals surface area (Å²) in [7, 11) is -2.59. The number of carbonyl (C=O) groups is 1. The summed E-state index contributed by atoms with van der Waals surface area (Å²) in [6, 6.07) is 16.5. The van der Waals surface area contributed by atoms with Crippen LogP contribution in [-0.2, 0) is 19.0 Å². The highest BCUT2D eigenvalue weighted by Gasteiger charge is 2.34. The lowest BCUT2D eigenvalue weighted by molar-refractivity contribution is -0.161. The van der Waals surface area contributed by atoms with E-state index in [1.165, 1.54) is 0 Å². The molecule has 5 rings (SSSR count). The molecular formula is C43H63N5O4Si2. The number of hydrogen-bond donors (Lipinski definition) is 0. The van der Waals surface area contributed by atoms with Crippen molar-refractivity contribution in [3.63, 3.8) is 0 Å². The fraction of sp³-hybridized carbons (Fsp3) is 0.535. The second-order valence-electron chi connectivity index (χ2n) is 18.1. The minimum absolute atomic E-state index is 0.0969. The Bertz CT molecular complexity index is 1830. The van der Waals surface area contributed by atoms with Crippen molar-refractivity contribution in [2.75, 3.05) is 31.6 Å². The van der Waals surface area contributed by atoms with Gasteiger partial charge in [-0.15, -0.1) is 0 Å². The maximum Gasteiger partial charge on any atom is 0.309 e. The van der Waals surface area contributed by atoms with Crippen molar-refractivity contribution in [1.82, 2.24) is 19.6 Å². The Hall–Kier alpha value is -3.65. The summed E-state index contributed by atoms with van der Waals surface area (Å²) in [5.74, 6) is 0.857. The van der Waals surface area contributed by atoms with Crippen LogP contribution in [0.1, 0.15) is 70.6 Å². The van der Waals surface area contributed by atoms with E-state index in [1.807, 2.05) is 62.8 Å². The summed E-state index contributed by atoms with van der Waals surface area (Å²) in [5, 5.41) is 5.02. The van der Waals surface area contributed by atoms with Crippen molar-refractivity contribution in [1.29, 1.82) is 0 Å².